The second-order valence-corrected chi connectivity index (χ2v) is 5.07. The third kappa shape index (κ3) is 3.27. The molecule has 1 unspecified atom stereocenters. The lowest BCUT2D eigenvalue weighted by molar-refractivity contribution is 0.0529. The van der Waals surface area contributed by atoms with E-state index in [2.05, 4.69) is 14.7 Å². The van der Waals surface area contributed by atoms with Gasteiger partial charge in [-0.25, -0.2) is 9.78 Å². The van der Waals surface area contributed by atoms with Crippen molar-refractivity contribution in [3.05, 3.63) is 24.3 Å². The topological polar surface area (TPSA) is 95.1 Å². The van der Waals surface area contributed by atoms with Crippen molar-refractivity contribution >= 4 is 28.3 Å². The summed E-state index contributed by atoms with van der Waals surface area (Å²) in [7, 11) is 0. The van der Waals surface area contributed by atoms with Crippen LogP contribution in [0.15, 0.2) is 18.7 Å². The molecule has 0 saturated heterocycles. The summed E-state index contributed by atoms with van der Waals surface area (Å²) in [5.41, 5.74) is 6.04. The number of hydrogen-bond donors (Lipinski definition) is 2. The Morgan fingerprint density at radius 2 is 2.45 bits per heavy atom. The molecule has 0 radical (unpaired) electrons. The predicted octanol–water partition coefficient (Wildman–Crippen LogP) is 1.60. The average molecular weight is 295 g/mol. The number of nitrogens with one attached hydrogen (secondary N) is 1. The van der Waals surface area contributed by atoms with E-state index in [1.165, 1.54) is 0 Å². The summed E-state index contributed by atoms with van der Waals surface area (Å²) in [6.07, 6.45) is 5.35. The van der Waals surface area contributed by atoms with Crippen molar-refractivity contribution < 1.29 is 9.53 Å². The zero-order valence-corrected chi connectivity index (χ0v) is 12.2. The van der Waals surface area contributed by atoms with E-state index in [1.54, 1.807) is 19.4 Å². The van der Waals surface area contributed by atoms with Gasteiger partial charge in [-0.3, -0.25) is 0 Å². The highest BCUT2D eigenvalue weighted by molar-refractivity contribution is 7.11. The Morgan fingerprint density at radius 3 is 3.10 bits per heavy atom. The SMILES string of the molecule is CCOC(=O)c1c(N)nsc1NC(C)Cn1ccnc1. The van der Waals surface area contributed by atoms with E-state index in [9.17, 15) is 4.79 Å². The predicted molar refractivity (Wildman–Crippen MR) is 77.8 cm³/mol. The largest absolute Gasteiger partial charge is 0.462 e. The van der Waals surface area contributed by atoms with Crippen LogP contribution in [0.4, 0.5) is 10.8 Å². The van der Waals surface area contributed by atoms with E-state index in [-0.39, 0.29) is 11.9 Å². The molecule has 2 aromatic rings. The summed E-state index contributed by atoms with van der Waals surface area (Å²) in [6, 6.07) is 0.0947. The summed E-state index contributed by atoms with van der Waals surface area (Å²) in [5.74, 6) is -0.248. The van der Waals surface area contributed by atoms with Gasteiger partial charge in [0.1, 0.15) is 10.6 Å². The number of esters is 1. The lowest BCUT2D eigenvalue weighted by Gasteiger charge is -2.15. The quantitative estimate of drug-likeness (QED) is 0.786. The third-order valence-electron chi connectivity index (χ3n) is 2.62. The molecular formula is C12H17N5O2S. The first kappa shape index (κ1) is 14.3. The van der Waals surface area contributed by atoms with Gasteiger partial charge < -0.3 is 20.4 Å². The molecule has 3 N–H and O–H groups in total. The monoisotopic (exact) mass is 295 g/mol. The molecule has 2 aromatic heterocycles. The molecule has 0 aliphatic heterocycles. The Balaban J connectivity index is 2.07. The molecule has 20 heavy (non-hydrogen) atoms. The fourth-order valence-corrected chi connectivity index (χ4v) is 2.60. The number of aromatic nitrogens is 3. The van der Waals surface area contributed by atoms with E-state index < -0.39 is 5.97 Å². The van der Waals surface area contributed by atoms with Gasteiger partial charge in [-0.2, -0.15) is 4.37 Å². The number of nitrogens with zero attached hydrogens (tertiary/aromatic N) is 3. The van der Waals surface area contributed by atoms with Crippen LogP contribution >= 0.6 is 11.5 Å². The molecule has 0 spiro atoms. The van der Waals surface area contributed by atoms with Crippen LogP contribution in [-0.4, -0.2) is 32.5 Å². The van der Waals surface area contributed by atoms with Crippen molar-refractivity contribution in [1.29, 1.82) is 0 Å². The maximum atomic E-state index is 11.9. The average Bonchev–Trinajstić information content (AvgIpc) is 3.00. The summed E-state index contributed by atoms with van der Waals surface area (Å²) in [6.45, 7) is 4.78. The molecule has 0 aliphatic rings. The number of hydrogen-bond acceptors (Lipinski definition) is 7. The zero-order chi connectivity index (χ0) is 14.5. The highest BCUT2D eigenvalue weighted by Crippen LogP contribution is 2.28. The molecule has 0 saturated carbocycles. The molecule has 0 bridgehead atoms. The van der Waals surface area contributed by atoms with Crippen molar-refractivity contribution in [3.8, 4) is 0 Å². The van der Waals surface area contributed by atoms with Gasteiger partial charge in [0.25, 0.3) is 0 Å². The highest BCUT2D eigenvalue weighted by Gasteiger charge is 2.21. The maximum Gasteiger partial charge on any atom is 0.344 e. The number of nitrogens with two attached hydrogens (primary N) is 1. The number of imidazole rings is 1. The van der Waals surface area contributed by atoms with Crippen molar-refractivity contribution in [2.24, 2.45) is 0 Å². The fraction of sp³-hybridized carbons (Fsp3) is 0.417. The first-order valence-electron chi connectivity index (χ1n) is 6.26. The van der Waals surface area contributed by atoms with Crippen molar-refractivity contribution in [3.63, 3.8) is 0 Å². The van der Waals surface area contributed by atoms with Gasteiger partial charge >= 0.3 is 5.97 Å². The summed E-state index contributed by atoms with van der Waals surface area (Å²) < 4.78 is 10.9. The van der Waals surface area contributed by atoms with E-state index >= 15 is 0 Å². The molecule has 7 nitrogen and oxygen atoms in total. The van der Waals surface area contributed by atoms with Crippen LogP contribution < -0.4 is 11.1 Å². The normalized spacial score (nSPS) is 12.1. The van der Waals surface area contributed by atoms with Gasteiger partial charge in [-0.15, -0.1) is 0 Å². The van der Waals surface area contributed by atoms with E-state index in [0.717, 1.165) is 18.1 Å². The minimum atomic E-state index is -0.448. The molecule has 2 rings (SSSR count). The van der Waals surface area contributed by atoms with Crippen molar-refractivity contribution in [2.45, 2.75) is 26.4 Å². The molecule has 1 atom stereocenters. The minimum absolute atomic E-state index is 0.0947. The standard InChI is InChI=1S/C12H17N5O2S/c1-3-19-12(18)9-10(13)16-20-11(9)15-8(2)6-17-5-4-14-7-17/h4-5,7-8,15H,3,6H2,1-2H3,(H2,13,16). The molecule has 2 heterocycles. The minimum Gasteiger partial charge on any atom is -0.462 e. The van der Waals surface area contributed by atoms with Gasteiger partial charge in [-0.1, -0.05) is 0 Å². The van der Waals surface area contributed by atoms with Gasteiger partial charge in [-0.05, 0) is 25.4 Å². The van der Waals surface area contributed by atoms with Crippen LogP contribution in [0.3, 0.4) is 0 Å². The van der Waals surface area contributed by atoms with Crippen molar-refractivity contribution in [2.75, 3.05) is 17.7 Å². The van der Waals surface area contributed by atoms with Crippen LogP contribution in [0, 0.1) is 0 Å². The summed E-state index contributed by atoms with van der Waals surface area (Å²) in [5, 5.41) is 3.87. The van der Waals surface area contributed by atoms with Crippen LogP contribution in [0.5, 0.6) is 0 Å². The van der Waals surface area contributed by atoms with Crippen LogP contribution in [0.2, 0.25) is 0 Å². The first-order valence-corrected chi connectivity index (χ1v) is 7.03. The molecule has 0 aromatic carbocycles. The Labute approximate surface area is 120 Å². The Morgan fingerprint density at radius 1 is 1.65 bits per heavy atom. The Bertz CT molecular complexity index is 566. The first-order chi connectivity index (χ1) is 9.61. The fourth-order valence-electron chi connectivity index (χ4n) is 1.78. The summed E-state index contributed by atoms with van der Waals surface area (Å²) >= 11 is 1.16. The second-order valence-electron chi connectivity index (χ2n) is 4.30. The zero-order valence-electron chi connectivity index (χ0n) is 11.4. The molecule has 108 valence electrons. The lowest BCUT2D eigenvalue weighted by atomic mass is 10.3. The van der Waals surface area contributed by atoms with Crippen LogP contribution in [-0.2, 0) is 11.3 Å². The number of rotatable bonds is 6. The third-order valence-corrected chi connectivity index (χ3v) is 3.41. The second kappa shape index (κ2) is 6.38. The Hall–Kier alpha value is -2.09. The number of carbonyl (C=O) groups is 1. The number of ether oxygens (including phenoxy) is 1. The molecule has 0 amide bonds. The van der Waals surface area contributed by atoms with E-state index in [4.69, 9.17) is 10.5 Å². The molecular weight excluding hydrogens is 278 g/mol. The van der Waals surface area contributed by atoms with Gasteiger partial charge in [0.15, 0.2) is 5.82 Å². The number of carbonyl (C=O) groups excluding carboxylic acids is 1. The molecule has 8 heteroatoms. The van der Waals surface area contributed by atoms with Crippen LogP contribution in [0.25, 0.3) is 0 Å². The highest BCUT2D eigenvalue weighted by atomic mass is 32.1. The van der Waals surface area contributed by atoms with E-state index in [1.807, 2.05) is 17.7 Å². The summed E-state index contributed by atoms with van der Waals surface area (Å²) in [4.78, 5) is 15.8. The maximum absolute atomic E-state index is 11.9. The van der Waals surface area contributed by atoms with Crippen LogP contribution in [0.1, 0.15) is 24.2 Å². The molecule has 0 fully saturated rings. The van der Waals surface area contributed by atoms with E-state index in [0.29, 0.717) is 17.2 Å². The van der Waals surface area contributed by atoms with Gasteiger partial charge in [0.05, 0.1) is 12.9 Å². The Kier molecular flexibility index (Phi) is 4.57. The number of anilines is 2. The smallest absolute Gasteiger partial charge is 0.344 e. The van der Waals surface area contributed by atoms with Gasteiger partial charge in [0, 0.05) is 25.0 Å². The van der Waals surface area contributed by atoms with Crippen molar-refractivity contribution in [1.82, 2.24) is 13.9 Å². The number of nitrogen functional groups attached to an aromatic ring is 1. The molecule has 0 aliphatic carbocycles. The lowest BCUT2D eigenvalue weighted by Crippen LogP contribution is -2.22. The van der Waals surface area contributed by atoms with Gasteiger partial charge in [0.2, 0.25) is 0 Å².